The van der Waals surface area contributed by atoms with Gasteiger partial charge in [-0.05, 0) is 31.4 Å². The Kier molecular flexibility index (Phi) is 6.68. The van der Waals surface area contributed by atoms with Crippen molar-refractivity contribution < 1.29 is 43.0 Å². The van der Waals surface area contributed by atoms with E-state index >= 15 is 0 Å². The van der Waals surface area contributed by atoms with Crippen molar-refractivity contribution in [1.29, 1.82) is 0 Å². The third kappa shape index (κ3) is 5.11. The Morgan fingerprint density at radius 3 is 2.34 bits per heavy atom. The molecule has 0 unspecified atom stereocenters. The Labute approximate surface area is 162 Å². The molecule has 0 aliphatic rings. The highest BCUT2D eigenvalue weighted by Gasteiger charge is 2.42. The number of halogens is 1. The van der Waals surface area contributed by atoms with Gasteiger partial charge in [-0.1, -0.05) is 0 Å². The number of carboxylic acid groups (broad SMARTS) is 1. The molecule has 2 aromatic rings. The predicted molar refractivity (Wildman–Crippen MR) is 102 cm³/mol. The Bertz CT molecular complexity index is 1080. The van der Waals surface area contributed by atoms with E-state index in [4.69, 9.17) is 24.7 Å². The molecular weight excluding hydrogens is 433 g/mol. The van der Waals surface area contributed by atoms with Crippen LogP contribution in [0.25, 0.3) is 10.9 Å². The average molecular weight is 452 g/mol. The number of H-pyrrole nitrogens is 1. The topological polar surface area (TPSA) is 197 Å². The van der Waals surface area contributed by atoms with Crippen LogP contribution in [0, 0.1) is 12.7 Å². The van der Waals surface area contributed by atoms with Crippen LogP contribution in [0.2, 0.25) is 0 Å². The first kappa shape index (κ1) is 23.2. The number of aromatic amines is 1. The molecule has 1 aromatic carbocycles. The van der Waals surface area contributed by atoms with Crippen LogP contribution in [-0.2, 0) is 9.13 Å². The molecule has 0 amide bonds. The molecule has 0 fully saturated rings. The van der Waals surface area contributed by atoms with Gasteiger partial charge in [-0.25, -0.2) is 9.18 Å². The lowest BCUT2D eigenvalue weighted by Crippen LogP contribution is -2.17. The summed E-state index contributed by atoms with van der Waals surface area (Å²) in [7, 11) is -10.1. The average Bonchev–Trinajstić information content (AvgIpc) is 2.55. The van der Waals surface area contributed by atoms with E-state index in [1.54, 1.807) is 0 Å². The number of fused-ring (bicyclic) bond motifs is 1. The summed E-state index contributed by atoms with van der Waals surface area (Å²) < 4.78 is 36.9. The number of hydrogen-bond acceptors (Lipinski definition) is 5. The maximum Gasteiger partial charge on any atom is 0.341 e. The molecule has 1 aromatic heterocycles. The maximum atomic E-state index is 14.4. The van der Waals surface area contributed by atoms with E-state index in [-0.39, 0.29) is 35.1 Å². The van der Waals surface area contributed by atoms with E-state index in [1.807, 2.05) is 0 Å². The number of benzene rings is 1. The number of hydrogen-bond donors (Lipinski definition) is 7. The lowest BCUT2D eigenvalue weighted by atomic mass is 10.1. The number of aromatic carboxylic acids is 1. The zero-order valence-corrected chi connectivity index (χ0v) is 16.8. The molecule has 0 spiro atoms. The second-order valence-electron chi connectivity index (χ2n) is 6.35. The van der Waals surface area contributed by atoms with Gasteiger partial charge in [-0.2, -0.15) is 0 Å². The molecule has 7 N–H and O–H groups in total. The molecule has 0 atom stereocenters. The van der Waals surface area contributed by atoms with Crippen molar-refractivity contribution in [1.82, 2.24) is 4.98 Å². The molecule has 0 bridgehead atoms. The highest BCUT2D eigenvalue weighted by atomic mass is 31.2. The summed E-state index contributed by atoms with van der Waals surface area (Å²) in [4.78, 5) is 62.2. The zero-order chi connectivity index (χ0) is 22.1. The maximum absolute atomic E-state index is 14.4. The quantitative estimate of drug-likeness (QED) is 0.228. The first-order chi connectivity index (χ1) is 13.2. The van der Waals surface area contributed by atoms with Crippen molar-refractivity contribution in [3.63, 3.8) is 0 Å². The van der Waals surface area contributed by atoms with Crippen molar-refractivity contribution in [2.24, 2.45) is 0 Å². The molecule has 29 heavy (non-hydrogen) atoms. The van der Waals surface area contributed by atoms with Gasteiger partial charge in [0, 0.05) is 18.1 Å². The molecule has 0 saturated carbocycles. The van der Waals surface area contributed by atoms with Gasteiger partial charge in [0.25, 0.3) is 0 Å². The first-order valence-electron chi connectivity index (χ1n) is 8.17. The number of aromatic nitrogens is 1. The van der Waals surface area contributed by atoms with Crippen LogP contribution >= 0.6 is 15.2 Å². The minimum atomic E-state index is -5.03. The number of aryl methyl sites for hydroxylation is 1. The molecule has 1 heterocycles. The number of rotatable bonds is 8. The van der Waals surface area contributed by atoms with Gasteiger partial charge in [-0.3, -0.25) is 13.9 Å². The third-order valence-electron chi connectivity index (χ3n) is 4.33. The minimum absolute atomic E-state index is 0.0415. The molecule has 0 radical (unpaired) electrons. The number of nitrogens with one attached hydrogen (secondary N) is 2. The second-order valence-corrected chi connectivity index (χ2v) is 10.4. The first-order valence-corrected chi connectivity index (χ1v) is 11.5. The monoisotopic (exact) mass is 452 g/mol. The second kappa shape index (κ2) is 8.35. The van der Waals surface area contributed by atoms with Crippen LogP contribution in [0.1, 0.15) is 28.8 Å². The van der Waals surface area contributed by atoms with Crippen molar-refractivity contribution in [2.75, 3.05) is 11.9 Å². The zero-order valence-electron chi connectivity index (χ0n) is 15.0. The van der Waals surface area contributed by atoms with E-state index in [1.165, 1.54) is 6.92 Å². The minimum Gasteiger partial charge on any atom is -0.477 e. The molecule has 0 saturated heterocycles. The summed E-state index contributed by atoms with van der Waals surface area (Å²) in [6, 6.07) is 0.865. The summed E-state index contributed by atoms with van der Waals surface area (Å²) in [5.41, 5.74) is -0.980. The number of pyridine rings is 1. The van der Waals surface area contributed by atoms with Gasteiger partial charge in [0.15, 0.2) is 5.40 Å². The van der Waals surface area contributed by atoms with E-state index in [0.29, 0.717) is 0 Å². The largest absolute Gasteiger partial charge is 0.477 e. The summed E-state index contributed by atoms with van der Waals surface area (Å²) in [5, 5.41) is 9.35. The number of carbonyl (C=O) groups is 1. The van der Waals surface area contributed by atoms with Crippen LogP contribution in [0.15, 0.2) is 17.1 Å². The van der Waals surface area contributed by atoms with Crippen molar-refractivity contribution in [2.45, 2.75) is 25.2 Å². The van der Waals surface area contributed by atoms with Gasteiger partial charge in [0.2, 0.25) is 5.43 Å². The molecule has 160 valence electrons. The summed E-state index contributed by atoms with van der Waals surface area (Å²) in [5.74, 6) is -2.32. The van der Waals surface area contributed by atoms with E-state index in [9.17, 15) is 23.1 Å². The Morgan fingerprint density at radius 1 is 1.24 bits per heavy atom. The lowest BCUT2D eigenvalue weighted by molar-refractivity contribution is 0.0695. The van der Waals surface area contributed by atoms with E-state index in [0.717, 1.165) is 12.3 Å². The van der Waals surface area contributed by atoms with Gasteiger partial charge >= 0.3 is 21.2 Å². The Hall–Kier alpha value is -2.07. The fourth-order valence-corrected chi connectivity index (χ4v) is 5.51. The van der Waals surface area contributed by atoms with Crippen LogP contribution in [0.3, 0.4) is 0 Å². The van der Waals surface area contributed by atoms with Crippen LogP contribution in [0.5, 0.6) is 0 Å². The molecule has 2 rings (SSSR count). The van der Waals surface area contributed by atoms with Gasteiger partial charge in [0.1, 0.15) is 11.4 Å². The van der Waals surface area contributed by atoms with Crippen LogP contribution in [0.4, 0.5) is 10.1 Å². The summed E-state index contributed by atoms with van der Waals surface area (Å²) in [6.45, 7) is 1.40. The van der Waals surface area contributed by atoms with Crippen molar-refractivity contribution in [3.05, 3.63) is 39.4 Å². The molecule has 0 aliphatic carbocycles. The van der Waals surface area contributed by atoms with Crippen molar-refractivity contribution in [3.8, 4) is 0 Å². The third-order valence-corrected chi connectivity index (χ3v) is 8.20. The van der Waals surface area contributed by atoms with Gasteiger partial charge in [-0.15, -0.1) is 0 Å². The fraction of sp³-hybridized carbons (Fsp3) is 0.333. The van der Waals surface area contributed by atoms with Crippen LogP contribution < -0.4 is 10.7 Å². The summed E-state index contributed by atoms with van der Waals surface area (Å²) in [6.07, 6.45) is 0.396. The Morgan fingerprint density at radius 2 is 1.83 bits per heavy atom. The molecule has 11 nitrogen and oxygen atoms in total. The number of carboxylic acids is 1. The SMILES string of the molecule is Cc1c(NCCCC(P(=O)(O)O)P(=O)(O)O)c(F)cc2c(=O)c(C(=O)O)c[nH]c12. The standard InChI is InChI=1S/C15H19FN2O9P2/c1-7-12-8(14(19)9(6-18-12)15(20)21)5-10(16)13(7)17-4-2-3-11(28(22,23)24)29(25,26)27/h5-6,11,17H,2-4H2,1H3,(H,18,19)(H,20,21)(H2,22,23,24)(H2,25,26,27). The van der Waals surface area contributed by atoms with E-state index < -0.39 is 49.8 Å². The lowest BCUT2D eigenvalue weighted by Gasteiger charge is -2.20. The number of anilines is 1. The molecule has 14 heteroatoms. The fourth-order valence-electron chi connectivity index (χ4n) is 2.90. The highest BCUT2D eigenvalue weighted by Crippen LogP contribution is 2.61. The normalized spacial score (nSPS) is 12.5. The molecule has 0 aliphatic heterocycles. The highest BCUT2D eigenvalue weighted by molar-refractivity contribution is 7.70. The molecular formula is C15H19FN2O9P2. The van der Waals surface area contributed by atoms with Gasteiger partial charge in [0.05, 0.1) is 11.2 Å². The van der Waals surface area contributed by atoms with E-state index in [2.05, 4.69) is 10.3 Å². The smallest absolute Gasteiger partial charge is 0.341 e. The predicted octanol–water partition coefficient (Wildman–Crippen LogP) is 1.55. The van der Waals surface area contributed by atoms with Crippen LogP contribution in [-0.4, -0.2) is 47.6 Å². The van der Waals surface area contributed by atoms with Crippen molar-refractivity contribution >= 4 is 37.8 Å². The Balaban J connectivity index is 2.24. The summed E-state index contributed by atoms with van der Waals surface area (Å²) >= 11 is 0. The van der Waals surface area contributed by atoms with Gasteiger partial charge < -0.3 is 35.0 Å².